The molecule has 142 valence electrons. The van der Waals surface area contributed by atoms with Gasteiger partial charge in [-0.15, -0.1) is 10.2 Å². The van der Waals surface area contributed by atoms with Gasteiger partial charge in [-0.2, -0.15) is 4.98 Å². The third kappa shape index (κ3) is 4.08. The number of aryl methyl sites for hydroxylation is 1. The molecule has 0 saturated heterocycles. The second-order valence-electron chi connectivity index (χ2n) is 7.09. The van der Waals surface area contributed by atoms with Gasteiger partial charge in [0.2, 0.25) is 11.7 Å². The Bertz CT molecular complexity index is 880. The van der Waals surface area contributed by atoms with E-state index >= 15 is 0 Å². The van der Waals surface area contributed by atoms with Crippen molar-refractivity contribution in [2.24, 2.45) is 0 Å². The number of nitrogens with zero attached hydrogens (tertiary/aromatic N) is 5. The number of hydrogen-bond acceptors (Lipinski definition) is 6. The van der Waals surface area contributed by atoms with Gasteiger partial charge in [0.1, 0.15) is 5.82 Å². The minimum Gasteiger partial charge on any atom is -0.338 e. The summed E-state index contributed by atoms with van der Waals surface area (Å²) < 4.78 is 7.68. The Kier molecular flexibility index (Phi) is 5.57. The van der Waals surface area contributed by atoms with Crippen LogP contribution in [-0.4, -0.2) is 24.9 Å². The molecule has 0 spiro atoms. The normalized spacial score (nSPS) is 15.3. The zero-order valence-electron chi connectivity index (χ0n) is 15.9. The maximum Gasteiger partial charge on any atom is 0.237 e. The van der Waals surface area contributed by atoms with Gasteiger partial charge in [-0.25, -0.2) is 0 Å². The molecule has 0 amide bonds. The highest BCUT2D eigenvalue weighted by Gasteiger charge is 2.23. The summed E-state index contributed by atoms with van der Waals surface area (Å²) >= 11 is 1.61. The van der Waals surface area contributed by atoms with Crippen LogP contribution in [0.4, 0.5) is 0 Å². The first-order valence-corrected chi connectivity index (χ1v) is 10.7. The molecule has 0 unspecified atom stereocenters. The standard InChI is InChI=1S/C20H25N5OS/c1-3-25-19(16-7-5-4-6-8-16)22-23-20(25)27-13-17-21-18(24-26-17)15-11-9-14(2)10-12-15/h9-12,16H,3-8,13H2,1-2H3. The monoisotopic (exact) mass is 383 g/mol. The molecule has 0 bridgehead atoms. The molecule has 1 fully saturated rings. The second-order valence-corrected chi connectivity index (χ2v) is 8.03. The zero-order chi connectivity index (χ0) is 18.6. The minimum absolute atomic E-state index is 0.553. The Morgan fingerprint density at radius 2 is 1.89 bits per heavy atom. The molecule has 27 heavy (non-hydrogen) atoms. The molecule has 4 rings (SSSR count). The number of aromatic nitrogens is 5. The minimum atomic E-state index is 0.553. The molecular weight excluding hydrogens is 358 g/mol. The van der Waals surface area contributed by atoms with Gasteiger partial charge in [0.25, 0.3) is 0 Å². The van der Waals surface area contributed by atoms with Crippen LogP contribution in [0.2, 0.25) is 0 Å². The van der Waals surface area contributed by atoms with E-state index < -0.39 is 0 Å². The van der Waals surface area contributed by atoms with Crippen molar-refractivity contribution in [2.75, 3.05) is 0 Å². The first-order chi connectivity index (χ1) is 13.2. The molecule has 2 aromatic heterocycles. The van der Waals surface area contributed by atoms with E-state index in [9.17, 15) is 0 Å². The van der Waals surface area contributed by atoms with Crippen molar-refractivity contribution >= 4 is 11.8 Å². The Hall–Kier alpha value is -2.15. The SMILES string of the molecule is CCn1c(SCc2nc(-c3ccc(C)cc3)no2)nnc1C1CCCCC1. The summed E-state index contributed by atoms with van der Waals surface area (Å²) in [7, 11) is 0. The molecular formula is C20H25N5OS. The van der Waals surface area contributed by atoms with Crippen molar-refractivity contribution in [2.45, 2.75) is 69.3 Å². The molecule has 2 heterocycles. The fourth-order valence-corrected chi connectivity index (χ4v) is 4.47. The molecule has 0 N–H and O–H groups in total. The van der Waals surface area contributed by atoms with Crippen LogP contribution >= 0.6 is 11.8 Å². The Morgan fingerprint density at radius 3 is 2.63 bits per heavy atom. The third-order valence-electron chi connectivity index (χ3n) is 5.13. The van der Waals surface area contributed by atoms with Crippen molar-refractivity contribution in [1.29, 1.82) is 0 Å². The Morgan fingerprint density at radius 1 is 1.11 bits per heavy atom. The average molecular weight is 384 g/mol. The predicted molar refractivity (Wildman–Crippen MR) is 106 cm³/mol. The summed E-state index contributed by atoms with van der Waals surface area (Å²) in [4.78, 5) is 4.52. The third-order valence-corrected chi connectivity index (χ3v) is 6.09. The zero-order valence-corrected chi connectivity index (χ0v) is 16.7. The number of thioether (sulfide) groups is 1. The van der Waals surface area contributed by atoms with Crippen molar-refractivity contribution in [3.63, 3.8) is 0 Å². The summed E-state index contributed by atoms with van der Waals surface area (Å²) in [5.74, 6) is 3.54. The first-order valence-electron chi connectivity index (χ1n) is 9.70. The van der Waals surface area contributed by atoms with Crippen LogP contribution in [0.5, 0.6) is 0 Å². The maximum atomic E-state index is 5.43. The van der Waals surface area contributed by atoms with Gasteiger partial charge in [0.15, 0.2) is 5.16 Å². The lowest BCUT2D eigenvalue weighted by atomic mass is 9.89. The molecule has 1 saturated carbocycles. The predicted octanol–water partition coefficient (Wildman–Crippen LogP) is 5.00. The van der Waals surface area contributed by atoms with Crippen LogP contribution in [0.1, 0.15) is 62.2 Å². The largest absolute Gasteiger partial charge is 0.338 e. The van der Waals surface area contributed by atoms with Gasteiger partial charge in [-0.05, 0) is 26.7 Å². The molecule has 1 aliphatic carbocycles. The van der Waals surface area contributed by atoms with Gasteiger partial charge in [0, 0.05) is 18.0 Å². The second kappa shape index (κ2) is 8.25. The van der Waals surface area contributed by atoms with Gasteiger partial charge in [0.05, 0.1) is 5.75 Å². The number of benzene rings is 1. The van der Waals surface area contributed by atoms with E-state index in [1.54, 1.807) is 11.8 Å². The molecule has 3 aromatic rings. The molecule has 0 atom stereocenters. The van der Waals surface area contributed by atoms with Crippen LogP contribution in [0.15, 0.2) is 33.9 Å². The van der Waals surface area contributed by atoms with Crippen molar-refractivity contribution in [3.8, 4) is 11.4 Å². The Labute approximate surface area is 163 Å². The summed E-state index contributed by atoms with van der Waals surface area (Å²) in [6, 6.07) is 8.13. The van der Waals surface area contributed by atoms with Crippen molar-refractivity contribution < 1.29 is 4.52 Å². The van der Waals surface area contributed by atoms with Crippen LogP contribution in [0.3, 0.4) is 0 Å². The lowest BCUT2D eigenvalue weighted by molar-refractivity contribution is 0.391. The van der Waals surface area contributed by atoms with Gasteiger partial charge in [-0.3, -0.25) is 0 Å². The van der Waals surface area contributed by atoms with Crippen molar-refractivity contribution in [3.05, 3.63) is 41.5 Å². The topological polar surface area (TPSA) is 69.6 Å². The highest BCUT2D eigenvalue weighted by Crippen LogP contribution is 2.33. The molecule has 0 aliphatic heterocycles. The number of hydrogen-bond donors (Lipinski definition) is 0. The van der Waals surface area contributed by atoms with Crippen molar-refractivity contribution in [1.82, 2.24) is 24.9 Å². The van der Waals surface area contributed by atoms with E-state index in [4.69, 9.17) is 4.52 Å². The van der Waals surface area contributed by atoms with E-state index in [1.807, 2.05) is 12.1 Å². The van der Waals surface area contributed by atoms with Crippen LogP contribution < -0.4 is 0 Å². The summed E-state index contributed by atoms with van der Waals surface area (Å²) in [5.41, 5.74) is 2.18. The van der Waals surface area contributed by atoms with E-state index in [1.165, 1.54) is 37.7 Å². The van der Waals surface area contributed by atoms with Crippen LogP contribution in [0, 0.1) is 6.92 Å². The van der Waals surface area contributed by atoms with E-state index in [0.717, 1.165) is 23.1 Å². The molecule has 6 nitrogen and oxygen atoms in total. The quantitative estimate of drug-likeness (QED) is 0.558. The van der Waals surface area contributed by atoms with Crippen LogP contribution in [0.25, 0.3) is 11.4 Å². The lowest BCUT2D eigenvalue weighted by Crippen LogP contribution is -2.12. The fourth-order valence-electron chi connectivity index (χ4n) is 3.63. The summed E-state index contributed by atoms with van der Waals surface area (Å²) in [5, 5.41) is 14.0. The summed E-state index contributed by atoms with van der Waals surface area (Å²) in [6.07, 6.45) is 6.40. The first kappa shape index (κ1) is 18.2. The highest BCUT2D eigenvalue weighted by atomic mass is 32.2. The van der Waals surface area contributed by atoms with Crippen LogP contribution in [-0.2, 0) is 12.3 Å². The smallest absolute Gasteiger partial charge is 0.237 e. The fraction of sp³-hybridized carbons (Fsp3) is 0.500. The number of rotatable bonds is 6. The Balaban J connectivity index is 1.44. The van der Waals surface area contributed by atoms with Gasteiger partial charge < -0.3 is 9.09 Å². The molecule has 7 heteroatoms. The molecule has 0 radical (unpaired) electrons. The van der Waals surface area contributed by atoms with E-state index in [2.05, 4.69) is 50.9 Å². The summed E-state index contributed by atoms with van der Waals surface area (Å²) in [6.45, 7) is 5.11. The van der Waals surface area contributed by atoms with E-state index in [-0.39, 0.29) is 0 Å². The van der Waals surface area contributed by atoms with Gasteiger partial charge in [-0.1, -0.05) is 66.0 Å². The molecule has 1 aromatic carbocycles. The van der Waals surface area contributed by atoms with E-state index in [0.29, 0.717) is 23.4 Å². The maximum absolute atomic E-state index is 5.43. The highest BCUT2D eigenvalue weighted by molar-refractivity contribution is 7.98. The lowest BCUT2D eigenvalue weighted by Gasteiger charge is -2.21. The molecule has 1 aliphatic rings. The van der Waals surface area contributed by atoms with Gasteiger partial charge >= 0.3 is 0 Å². The average Bonchev–Trinajstić information content (AvgIpc) is 3.34.